The molecule has 0 aromatic heterocycles. The molecule has 58 valence electrons. The molecule has 0 rings (SSSR count). The number of carboxylic acid groups (broad SMARTS) is 1. The van der Waals surface area contributed by atoms with Gasteiger partial charge in [-0.05, 0) is 0 Å². The van der Waals surface area contributed by atoms with E-state index in [1.807, 2.05) is 0 Å². The minimum absolute atomic E-state index is 0.614. The van der Waals surface area contributed by atoms with Gasteiger partial charge in [0.2, 0.25) is 0 Å². The molecule has 0 aliphatic rings. The van der Waals surface area contributed by atoms with Crippen molar-refractivity contribution in [3.05, 3.63) is 0 Å². The Bertz CT molecular complexity index is 154. The Labute approximate surface area is 73.2 Å². The van der Waals surface area contributed by atoms with E-state index in [4.69, 9.17) is 5.11 Å². The average molecular weight is 226 g/mol. The molecule has 0 bridgehead atoms. The van der Waals surface area contributed by atoms with Crippen LogP contribution in [0.2, 0.25) is 0 Å². The molecule has 0 aromatic carbocycles. The van der Waals surface area contributed by atoms with E-state index in [1.54, 1.807) is 13.8 Å². The maximum absolute atomic E-state index is 10.4. The zero-order valence-corrected chi connectivity index (χ0v) is 8.34. The molecule has 3 nitrogen and oxygen atoms in total. The van der Waals surface area contributed by atoms with E-state index >= 15 is 0 Å². The van der Waals surface area contributed by atoms with Crippen LogP contribution in [0.1, 0.15) is 13.8 Å². The fraction of sp³-hybridized carbons (Fsp3) is 0.800. The molecule has 1 N–H and O–H groups in total. The standard InChI is InChI=1S/C5H9NO2SSe/c1-5(2,9)3(6-10)4(7)8/h3,9H,1-2H3,(H,7,8)/t3-/m1/s1. The van der Waals surface area contributed by atoms with E-state index in [-0.39, 0.29) is 0 Å². The van der Waals surface area contributed by atoms with Crippen molar-refractivity contribution in [3.63, 3.8) is 0 Å². The Morgan fingerprint density at radius 3 is 2.20 bits per heavy atom. The summed E-state index contributed by atoms with van der Waals surface area (Å²) < 4.78 is 2.94. The number of hydrogen-bond acceptors (Lipinski definition) is 3. The zero-order chi connectivity index (χ0) is 8.36. The third-order valence-corrected chi connectivity index (χ3v) is 1.70. The van der Waals surface area contributed by atoms with Crippen LogP contribution in [0.5, 0.6) is 0 Å². The second-order valence-electron chi connectivity index (χ2n) is 2.50. The van der Waals surface area contributed by atoms with Crippen LogP contribution in [0.15, 0.2) is 3.96 Å². The summed E-state index contributed by atoms with van der Waals surface area (Å²) in [5.74, 6) is -0.959. The Kier molecular flexibility index (Phi) is 3.56. The van der Waals surface area contributed by atoms with E-state index in [9.17, 15) is 4.79 Å². The molecule has 0 aromatic rings. The molecule has 5 heteroatoms. The third kappa shape index (κ3) is 2.82. The van der Waals surface area contributed by atoms with Gasteiger partial charge in [-0.25, -0.2) is 0 Å². The van der Waals surface area contributed by atoms with E-state index in [1.165, 1.54) is 0 Å². The van der Waals surface area contributed by atoms with Crippen LogP contribution in [-0.2, 0) is 4.79 Å². The summed E-state index contributed by atoms with van der Waals surface area (Å²) in [6.45, 7) is 3.41. The molecule has 0 amide bonds. The zero-order valence-electron chi connectivity index (χ0n) is 5.74. The molecule has 0 saturated carbocycles. The van der Waals surface area contributed by atoms with E-state index in [0.29, 0.717) is 0 Å². The molecule has 10 heavy (non-hydrogen) atoms. The van der Waals surface area contributed by atoms with Crippen molar-refractivity contribution >= 4 is 34.4 Å². The molecule has 0 saturated heterocycles. The van der Waals surface area contributed by atoms with Crippen molar-refractivity contribution in [1.82, 2.24) is 0 Å². The first kappa shape index (κ1) is 10.1. The van der Waals surface area contributed by atoms with Gasteiger partial charge >= 0.3 is 72.9 Å². The Hall–Kier alpha value is 0.139. The summed E-state index contributed by atoms with van der Waals surface area (Å²) in [6, 6.07) is -0.782. The molecule has 1 atom stereocenters. The fourth-order valence-corrected chi connectivity index (χ4v) is 1.56. The molecule has 0 unspecified atom stereocenters. The van der Waals surface area contributed by atoms with Crippen LogP contribution in [0.3, 0.4) is 0 Å². The van der Waals surface area contributed by atoms with Gasteiger partial charge in [-0.3, -0.25) is 0 Å². The SMILES string of the molecule is CC(C)(S)[C@H](N=[Se])C(=O)O. The minimum atomic E-state index is -0.959. The van der Waals surface area contributed by atoms with E-state index in [2.05, 4.69) is 32.4 Å². The van der Waals surface area contributed by atoms with Gasteiger partial charge in [0.05, 0.1) is 0 Å². The normalized spacial score (nSPS) is 14.3. The predicted octanol–water partition coefficient (Wildman–Crippen LogP) is 0.500. The van der Waals surface area contributed by atoms with Gasteiger partial charge in [-0.1, -0.05) is 0 Å². The molecule has 0 heterocycles. The first-order valence-electron chi connectivity index (χ1n) is 2.67. The van der Waals surface area contributed by atoms with Crippen molar-refractivity contribution in [2.45, 2.75) is 24.6 Å². The summed E-state index contributed by atoms with van der Waals surface area (Å²) in [4.78, 5) is 10.4. The quantitative estimate of drug-likeness (QED) is 0.544. The summed E-state index contributed by atoms with van der Waals surface area (Å²) in [5, 5.41) is 8.55. The number of nitrogens with zero attached hydrogens (tertiary/aromatic N) is 1. The Morgan fingerprint density at radius 1 is 1.80 bits per heavy atom. The monoisotopic (exact) mass is 227 g/mol. The molecule has 0 radical (unpaired) electrons. The van der Waals surface area contributed by atoms with Crippen LogP contribution < -0.4 is 0 Å². The first-order valence-corrected chi connectivity index (χ1v) is 3.88. The molecule has 0 spiro atoms. The van der Waals surface area contributed by atoms with Crippen LogP contribution >= 0.6 is 12.6 Å². The molecular formula is C5H9NO2SSe. The van der Waals surface area contributed by atoms with Crippen LogP contribution in [-0.4, -0.2) is 37.7 Å². The van der Waals surface area contributed by atoms with Gasteiger partial charge < -0.3 is 0 Å². The fourth-order valence-electron chi connectivity index (χ4n) is 0.476. The molecule has 0 aliphatic carbocycles. The van der Waals surface area contributed by atoms with Crippen molar-refractivity contribution in [3.8, 4) is 0 Å². The second-order valence-corrected chi connectivity index (χ2v) is 4.09. The Morgan fingerprint density at radius 2 is 2.20 bits per heavy atom. The van der Waals surface area contributed by atoms with Crippen molar-refractivity contribution in [2.75, 3.05) is 0 Å². The topological polar surface area (TPSA) is 49.7 Å². The first-order chi connectivity index (χ1) is 4.39. The van der Waals surface area contributed by atoms with E-state index in [0.717, 1.165) is 0 Å². The summed E-state index contributed by atoms with van der Waals surface area (Å²) >= 11 is 6.40. The van der Waals surface area contributed by atoms with Gasteiger partial charge in [0, 0.05) is 0 Å². The number of carbonyl (C=O) groups is 1. The van der Waals surface area contributed by atoms with Crippen LogP contribution in [0.25, 0.3) is 0 Å². The van der Waals surface area contributed by atoms with Crippen molar-refractivity contribution in [1.29, 1.82) is 0 Å². The average Bonchev–Trinajstić information content (AvgIpc) is 1.60. The van der Waals surface area contributed by atoms with Crippen molar-refractivity contribution in [2.24, 2.45) is 3.96 Å². The van der Waals surface area contributed by atoms with Crippen molar-refractivity contribution < 1.29 is 9.90 Å². The number of thiol groups is 1. The number of rotatable bonds is 3. The third-order valence-electron chi connectivity index (χ3n) is 1.01. The number of hydrogen-bond donors (Lipinski definition) is 2. The van der Waals surface area contributed by atoms with E-state index < -0.39 is 16.8 Å². The molecular weight excluding hydrogens is 217 g/mol. The van der Waals surface area contributed by atoms with Gasteiger partial charge in [0.1, 0.15) is 0 Å². The second kappa shape index (κ2) is 3.51. The predicted molar refractivity (Wildman–Crippen MR) is 42.7 cm³/mol. The summed E-state index contributed by atoms with van der Waals surface area (Å²) in [6.07, 6.45) is 0. The van der Waals surface area contributed by atoms with Crippen LogP contribution in [0, 0.1) is 0 Å². The Balaban J connectivity index is 4.36. The number of aliphatic carboxylic acids is 1. The molecule has 0 aliphatic heterocycles. The summed E-state index contributed by atoms with van der Waals surface area (Å²) in [5.41, 5.74) is 0. The maximum atomic E-state index is 10.4. The summed E-state index contributed by atoms with van der Waals surface area (Å²) in [7, 11) is 0. The van der Waals surface area contributed by atoms with Crippen LogP contribution in [0.4, 0.5) is 0 Å². The molecule has 0 fully saturated rings. The van der Waals surface area contributed by atoms with Gasteiger partial charge in [-0.15, -0.1) is 0 Å². The van der Waals surface area contributed by atoms with Gasteiger partial charge in [-0.2, -0.15) is 0 Å². The van der Waals surface area contributed by atoms with Gasteiger partial charge in [0.25, 0.3) is 0 Å². The number of carboxylic acids is 1. The van der Waals surface area contributed by atoms with Gasteiger partial charge in [0.15, 0.2) is 0 Å².